The molecule has 0 bridgehead atoms. The van der Waals surface area contributed by atoms with Crippen molar-refractivity contribution in [2.24, 2.45) is 0 Å². The highest BCUT2D eigenvalue weighted by molar-refractivity contribution is 5.96. The second kappa shape index (κ2) is 10.2. The summed E-state index contributed by atoms with van der Waals surface area (Å²) in [5.41, 5.74) is 4.25. The lowest BCUT2D eigenvalue weighted by atomic mass is 10.1. The Kier molecular flexibility index (Phi) is 7.46. The zero-order valence-corrected chi connectivity index (χ0v) is 18.3. The number of nitrogens with one attached hydrogen (secondary N) is 1. The maximum atomic E-state index is 12.4. The molecule has 1 aromatic heterocycles. The molecule has 1 amide bonds. The number of hydrogen-bond acceptors (Lipinski definition) is 7. The Morgan fingerprint density at radius 3 is 2.57 bits per heavy atom. The highest BCUT2D eigenvalue weighted by atomic mass is 16.5. The van der Waals surface area contributed by atoms with E-state index >= 15 is 0 Å². The first kappa shape index (κ1) is 21.8. The van der Waals surface area contributed by atoms with Crippen LogP contribution in [0.25, 0.3) is 0 Å². The van der Waals surface area contributed by atoms with Crippen molar-refractivity contribution in [3.05, 3.63) is 41.1 Å². The number of carbonyl (C=O) groups excluding carboxylic acids is 1. The largest absolute Gasteiger partial charge is 0.480 e. The summed E-state index contributed by atoms with van der Waals surface area (Å²) in [5, 5.41) is 2.84. The van der Waals surface area contributed by atoms with Gasteiger partial charge in [0.15, 0.2) is 0 Å². The van der Waals surface area contributed by atoms with Gasteiger partial charge in [0.2, 0.25) is 11.8 Å². The van der Waals surface area contributed by atoms with Crippen LogP contribution in [0.5, 0.6) is 5.88 Å². The first-order valence-electron chi connectivity index (χ1n) is 10.3. The SMILES string of the molecule is COCCCNC(=O)c1cnc(N2CCN(c3cccc(C)c3C)CC2)nc1OC. The van der Waals surface area contributed by atoms with E-state index < -0.39 is 0 Å². The molecule has 1 N–H and O–H groups in total. The van der Waals surface area contributed by atoms with Crippen LogP contribution in [-0.4, -0.2) is 69.4 Å². The lowest BCUT2D eigenvalue weighted by Crippen LogP contribution is -2.47. The number of rotatable bonds is 8. The van der Waals surface area contributed by atoms with Crippen molar-refractivity contribution in [2.45, 2.75) is 20.3 Å². The van der Waals surface area contributed by atoms with Crippen LogP contribution in [0.3, 0.4) is 0 Å². The molecule has 0 saturated carbocycles. The number of piperazine rings is 1. The van der Waals surface area contributed by atoms with E-state index in [1.165, 1.54) is 23.9 Å². The number of nitrogens with zero attached hydrogens (tertiary/aromatic N) is 4. The molecular formula is C22H31N5O3. The van der Waals surface area contributed by atoms with Crippen molar-refractivity contribution < 1.29 is 14.3 Å². The van der Waals surface area contributed by atoms with Gasteiger partial charge in [0, 0.05) is 58.3 Å². The third-order valence-electron chi connectivity index (χ3n) is 5.47. The van der Waals surface area contributed by atoms with Gasteiger partial charge in [-0.3, -0.25) is 4.79 Å². The smallest absolute Gasteiger partial charge is 0.258 e. The predicted molar refractivity (Wildman–Crippen MR) is 118 cm³/mol. The molecular weight excluding hydrogens is 382 g/mol. The molecule has 1 fully saturated rings. The lowest BCUT2D eigenvalue weighted by Gasteiger charge is -2.37. The Morgan fingerprint density at radius 1 is 1.13 bits per heavy atom. The topological polar surface area (TPSA) is 79.8 Å². The molecule has 1 aliphatic rings. The van der Waals surface area contributed by atoms with Gasteiger partial charge in [0.25, 0.3) is 5.91 Å². The van der Waals surface area contributed by atoms with Crippen molar-refractivity contribution in [1.29, 1.82) is 0 Å². The van der Waals surface area contributed by atoms with Crippen LogP contribution in [0.1, 0.15) is 27.9 Å². The highest BCUT2D eigenvalue weighted by Gasteiger charge is 2.23. The number of carbonyl (C=O) groups is 1. The van der Waals surface area contributed by atoms with E-state index in [-0.39, 0.29) is 5.91 Å². The minimum atomic E-state index is -0.241. The van der Waals surface area contributed by atoms with E-state index in [0.29, 0.717) is 30.5 Å². The fourth-order valence-corrected chi connectivity index (χ4v) is 3.56. The Bertz CT molecular complexity index is 866. The Hall–Kier alpha value is -2.87. The van der Waals surface area contributed by atoms with Crippen molar-refractivity contribution in [3.63, 3.8) is 0 Å². The second-order valence-electron chi connectivity index (χ2n) is 7.39. The minimum Gasteiger partial charge on any atom is -0.480 e. The van der Waals surface area contributed by atoms with Crippen LogP contribution in [0.15, 0.2) is 24.4 Å². The summed E-state index contributed by atoms with van der Waals surface area (Å²) in [7, 11) is 3.16. The van der Waals surface area contributed by atoms with Crippen LogP contribution in [0, 0.1) is 13.8 Å². The first-order chi connectivity index (χ1) is 14.5. The fraction of sp³-hybridized carbons (Fsp3) is 0.500. The summed E-state index contributed by atoms with van der Waals surface area (Å²) in [6.07, 6.45) is 2.29. The van der Waals surface area contributed by atoms with Crippen LogP contribution >= 0.6 is 0 Å². The maximum absolute atomic E-state index is 12.4. The molecule has 30 heavy (non-hydrogen) atoms. The molecule has 1 saturated heterocycles. The number of anilines is 2. The molecule has 2 heterocycles. The summed E-state index contributed by atoms with van der Waals surface area (Å²) in [6, 6.07) is 6.43. The van der Waals surface area contributed by atoms with Gasteiger partial charge < -0.3 is 24.6 Å². The van der Waals surface area contributed by atoms with Gasteiger partial charge in [-0.1, -0.05) is 12.1 Å². The van der Waals surface area contributed by atoms with E-state index in [9.17, 15) is 4.79 Å². The van der Waals surface area contributed by atoms with E-state index in [2.05, 4.69) is 57.1 Å². The summed E-state index contributed by atoms with van der Waals surface area (Å²) < 4.78 is 10.4. The molecule has 162 valence electrons. The van der Waals surface area contributed by atoms with Crippen LogP contribution < -0.4 is 19.9 Å². The normalized spacial score (nSPS) is 14.0. The molecule has 0 radical (unpaired) electrons. The van der Waals surface area contributed by atoms with E-state index in [1.807, 2.05) is 0 Å². The predicted octanol–water partition coefficient (Wildman–Crippen LogP) is 2.19. The molecule has 1 aromatic carbocycles. The molecule has 1 aliphatic heterocycles. The molecule has 0 spiro atoms. The molecule has 3 rings (SSSR count). The Labute approximate surface area is 178 Å². The van der Waals surface area contributed by atoms with Gasteiger partial charge in [-0.25, -0.2) is 4.98 Å². The quantitative estimate of drug-likeness (QED) is 0.665. The van der Waals surface area contributed by atoms with E-state index in [1.54, 1.807) is 13.3 Å². The molecule has 0 atom stereocenters. The zero-order valence-electron chi connectivity index (χ0n) is 18.3. The molecule has 8 nitrogen and oxygen atoms in total. The number of benzene rings is 1. The minimum absolute atomic E-state index is 0.241. The summed E-state index contributed by atoms with van der Waals surface area (Å²) in [5.74, 6) is 0.638. The van der Waals surface area contributed by atoms with Crippen LogP contribution in [0.4, 0.5) is 11.6 Å². The van der Waals surface area contributed by atoms with Crippen LogP contribution in [0.2, 0.25) is 0 Å². The number of methoxy groups -OCH3 is 2. The zero-order chi connectivity index (χ0) is 21.5. The fourth-order valence-electron chi connectivity index (χ4n) is 3.56. The summed E-state index contributed by atoms with van der Waals surface area (Å²) in [4.78, 5) is 25.9. The number of hydrogen-bond donors (Lipinski definition) is 1. The standard InChI is InChI=1S/C22H31N5O3/c1-16-7-5-8-19(17(16)2)26-10-12-27(13-11-26)22-24-15-18(21(25-22)30-4)20(28)23-9-6-14-29-3/h5,7-8,15H,6,9-14H2,1-4H3,(H,23,28). The highest BCUT2D eigenvalue weighted by Crippen LogP contribution is 2.25. The van der Waals surface area contributed by atoms with Gasteiger partial charge in [-0.15, -0.1) is 0 Å². The monoisotopic (exact) mass is 413 g/mol. The van der Waals surface area contributed by atoms with E-state index in [0.717, 1.165) is 32.6 Å². The van der Waals surface area contributed by atoms with Crippen molar-refractivity contribution in [3.8, 4) is 5.88 Å². The third-order valence-corrected chi connectivity index (χ3v) is 5.47. The van der Waals surface area contributed by atoms with Crippen LogP contribution in [-0.2, 0) is 4.74 Å². The van der Waals surface area contributed by atoms with Gasteiger partial charge in [-0.05, 0) is 37.5 Å². The molecule has 0 unspecified atom stereocenters. The van der Waals surface area contributed by atoms with Crippen molar-refractivity contribution in [1.82, 2.24) is 15.3 Å². The lowest BCUT2D eigenvalue weighted by molar-refractivity contribution is 0.0944. The molecule has 0 aliphatic carbocycles. The maximum Gasteiger partial charge on any atom is 0.258 e. The summed E-state index contributed by atoms with van der Waals surface area (Å²) in [6.45, 7) is 8.82. The van der Waals surface area contributed by atoms with Gasteiger partial charge in [0.1, 0.15) is 5.56 Å². The first-order valence-corrected chi connectivity index (χ1v) is 10.3. The number of ether oxygens (including phenoxy) is 2. The molecule has 8 heteroatoms. The Balaban J connectivity index is 1.64. The van der Waals surface area contributed by atoms with Gasteiger partial charge >= 0.3 is 0 Å². The van der Waals surface area contributed by atoms with E-state index in [4.69, 9.17) is 9.47 Å². The third kappa shape index (κ3) is 4.99. The number of amides is 1. The average molecular weight is 414 g/mol. The van der Waals surface area contributed by atoms with Gasteiger partial charge in [0.05, 0.1) is 7.11 Å². The number of aryl methyl sites for hydroxylation is 1. The van der Waals surface area contributed by atoms with Gasteiger partial charge in [-0.2, -0.15) is 4.98 Å². The van der Waals surface area contributed by atoms with Crippen molar-refractivity contribution in [2.75, 3.05) is 63.4 Å². The molecule has 2 aromatic rings. The van der Waals surface area contributed by atoms with Crippen molar-refractivity contribution >= 4 is 17.5 Å². The Morgan fingerprint density at radius 2 is 1.87 bits per heavy atom. The second-order valence-corrected chi connectivity index (χ2v) is 7.39. The average Bonchev–Trinajstić information content (AvgIpc) is 2.78. The number of aromatic nitrogens is 2. The summed E-state index contributed by atoms with van der Waals surface area (Å²) >= 11 is 0.